The number of pyridine rings is 1. The Bertz CT molecular complexity index is 711. The highest BCUT2D eigenvalue weighted by molar-refractivity contribution is 6.00. The van der Waals surface area contributed by atoms with E-state index in [1.807, 2.05) is 24.3 Å². The summed E-state index contributed by atoms with van der Waals surface area (Å²) < 4.78 is 0. The highest BCUT2D eigenvalue weighted by atomic mass is 16.3. The van der Waals surface area contributed by atoms with E-state index in [4.69, 9.17) is 5.11 Å². The molecule has 0 spiro atoms. The minimum Gasteiger partial charge on any atom is -0.507 e. The van der Waals surface area contributed by atoms with Crippen LogP contribution in [0.15, 0.2) is 60.9 Å². The number of aromatic hydroxyl groups is 2. The number of aldehydes is 1. The summed E-state index contributed by atoms with van der Waals surface area (Å²) in [6.07, 6.45) is 3.68. The molecule has 0 radical (unpaired) electrons. The van der Waals surface area contributed by atoms with Crippen LogP contribution in [0.2, 0.25) is 0 Å². The van der Waals surface area contributed by atoms with Crippen LogP contribution in [0, 0.1) is 0 Å². The molecular formula is C16H13NO3. The third-order valence-electron chi connectivity index (χ3n) is 2.71. The average molecular weight is 267 g/mol. The third kappa shape index (κ3) is 3.11. The van der Waals surface area contributed by atoms with Gasteiger partial charge in [0.1, 0.15) is 11.5 Å². The lowest BCUT2D eigenvalue weighted by atomic mass is 10.0. The Morgan fingerprint density at radius 2 is 1.75 bits per heavy atom. The Labute approximate surface area is 116 Å². The molecule has 0 unspecified atom stereocenters. The normalized spacial score (nSPS) is 9.60. The second-order valence-electron chi connectivity index (χ2n) is 4.05. The Morgan fingerprint density at radius 1 is 0.950 bits per heavy atom. The molecule has 0 aliphatic carbocycles. The quantitative estimate of drug-likeness (QED) is 0.664. The van der Waals surface area contributed by atoms with Crippen LogP contribution in [0.25, 0.3) is 10.8 Å². The molecule has 0 aliphatic rings. The van der Waals surface area contributed by atoms with E-state index in [1.54, 1.807) is 24.4 Å². The first-order chi connectivity index (χ1) is 9.72. The van der Waals surface area contributed by atoms with Crippen molar-refractivity contribution in [3.63, 3.8) is 0 Å². The van der Waals surface area contributed by atoms with E-state index in [1.165, 1.54) is 12.3 Å². The van der Waals surface area contributed by atoms with Gasteiger partial charge in [0.05, 0.1) is 11.8 Å². The van der Waals surface area contributed by atoms with Gasteiger partial charge in [0, 0.05) is 6.20 Å². The maximum atomic E-state index is 10.7. The van der Waals surface area contributed by atoms with Crippen molar-refractivity contribution in [1.82, 2.24) is 4.98 Å². The summed E-state index contributed by atoms with van der Waals surface area (Å²) >= 11 is 0. The van der Waals surface area contributed by atoms with Crippen LogP contribution in [0.4, 0.5) is 0 Å². The lowest BCUT2D eigenvalue weighted by molar-refractivity contribution is 0.112. The van der Waals surface area contributed by atoms with Crippen molar-refractivity contribution in [3.05, 3.63) is 66.5 Å². The fraction of sp³-hybridized carbons (Fsp3) is 0. The molecule has 1 heterocycles. The predicted molar refractivity (Wildman–Crippen MR) is 76.9 cm³/mol. The Balaban J connectivity index is 0.000000178. The summed E-state index contributed by atoms with van der Waals surface area (Å²) in [6.45, 7) is 0. The molecule has 3 rings (SSSR count). The van der Waals surface area contributed by atoms with Crippen molar-refractivity contribution in [2.75, 3.05) is 0 Å². The Morgan fingerprint density at radius 3 is 2.35 bits per heavy atom. The van der Waals surface area contributed by atoms with Gasteiger partial charge in [-0.2, -0.15) is 0 Å². The minimum atomic E-state index is 0.0358. The van der Waals surface area contributed by atoms with Gasteiger partial charge in [0.2, 0.25) is 0 Å². The standard InChI is InChI=1S/C11H8O2.C5H5NO/c12-7-10-9-4-2-1-3-8(9)5-6-11(10)13;7-5-2-1-3-6-4-5/h1-7,13H;1-4,7H. The lowest BCUT2D eigenvalue weighted by Gasteiger charge is -2.01. The maximum absolute atomic E-state index is 10.7. The van der Waals surface area contributed by atoms with Gasteiger partial charge in [-0.05, 0) is 29.0 Å². The number of nitrogens with zero attached hydrogens (tertiary/aromatic N) is 1. The zero-order valence-corrected chi connectivity index (χ0v) is 10.6. The van der Waals surface area contributed by atoms with Gasteiger partial charge in [0.15, 0.2) is 6.29 Å². The first kappa shape index (κ1) is 13.5. The molecule has 0 saturated carbocycles. The summed E-state index contributed by atoms with van der Waals surface area (Å²) in [5.41, 5.74) is 0.359. The minimum absolute atomic E-state index is 0.0358. The largest absolute Gasteiger partial charge is 0.507 e. The molecule has 100 valence electrons. The molecule has 0 bridgehead atoms. The molecule has 20 heavy (non-hydrogen) atoms. The predicted octanol–water partition coefficient (Wildman–Crippen LogP) is 3.15. The molecule has 0 saturated heterocycles. The fourth-order valence-corrected chi connectivity index (χ4v) is 1.76. The molecule has 0 fully saturated rings. The number of hydrogen-bond acceptors (Lipinski definition) is 4. The number of phenolic OH excluding ortho intramolecular Hbond substituents is 1. The molecule has 1 aromatic heterocycles. The highest BCUT2D eigenvalue weighted by Crippen LogP contribution is 2.24. The SMILES string of the molecule is O=Cc1c(O)ccc2ccccc12.Oc1cccnc1. The number of benzene rings is 2. The second-order valence-corrected chi connectivity index (χ2v) is 4.05. The summed E-state index contributed by atoms with van der Waals surface area (Å²) in [7, 11) is 0. The number of phenols is 1. The van der Waals surface area contributed by atoms with E-state index in [2.05, 4.69) is 4.98 Å². The molecule has 4 heteroatoms. The number of rotatable bonds is 1. The van der Waals surface area contributed by atoms with Gasteiger partial charge in [-0.25, -0.2) is 0 Å². The number of carbonyl (C=O) groups excluding carboxylic acids is 1. The number of carbonyl (C=O) groups is 1. The zero-order valence-electron chi connectivity index (χ0n) is 10.6. The molecular weight excluding hydrogens is 254 g/mol. The van der Waals surface area contributed by atoms with Crippen molar-refractivity contribution in [1.29, 1.82) is 0 Å². The van der Waals surface area contributed by atoms with Crippen molar-refractivity contribution in [3.8, 4) is 11.5 Å². The summed E-state index contributed by atoms with van der Waals surface area (Å²) in [6, 6.07) is 14.0. The monoisotopic (exact) mass is 267 g/mol. The number of fused-ring (bicyclic) bond motifs is 1. The van der Waals surface area contributed by atoms with Gasteiger partial charge in [-0.3, -0.25) is 9.78 Å². The van der Waals surface area contributed by atoms with Gasteiger partial charge in [-0.15, -0.1) is 0 Å². The van der Waals surface area contributed by atoms with Crippen molar-refractivity contribution in [2.24, 2.45) is 0 Å². The van der Waals surface area contributed by atoms with Gasteiger partial charge >= 0.3 is 0 Å². The van der Waals surface area contributed by atoms with E-state index >= 15 is 0 Å². The van der Waals surface area contributed by atoms with Gasteiger partial charge in [-0.1, -0.05) is 30.3 Å². The van der Waals surface area contributed by atoms with E-state index in [0.29, 0.717) is 11.8 Å². The van der Waals surface area contributed by atoms with Crippen LogP contribution in [0.1, 0.15) is 10.4 Å². The highest BCUT2D eigenvalue weighted by Gasteiger charge is 2.03. The zero-order chi connectivity index (χ0) is 14.4. The van der Waals surface area contributed by atoms with Crippen LogP contribution >= 0.6 is 0 Å². The van der Waals surface area contributed by atoms with Crippen molar-refractivity contribution < 1.29 is 15.0 Å². The molecule has 0 amide bonds. The molecule has 0 atom stereocenters. The van der Waals surface area contributed by atoms with Crippen LogP contribution in [0.5, 0.6) is 11.5 Å². The van der Waals surface area contributed by atoms with Gasteiger partial charge < -0.3 is 10.2 Å². The number of hydrogen-bond donors (Lipinski definition) is 2. The van der Waals surface area contributed by atoms with Crippen molar-refractivity contribution >= 4 is 17.1 Å². The maximum Gasteiger partial charge on any atom is 0.154 e. The smallest absolute Gasteiger partial charge is 0.154 e. The van der Waals surface area contributed by atoms with E-state index in [0.717, 1.165) is 10.8 Å². The summed E-state index contributed by atoms with van der Waals surface area (Å²) in [5.74, 6) is 0.246. The molecule has 4 nitrogen and oxygen atoms in total. The first-order valence-electron chi connectivity index (χ1n) is 5.97. The number of aromatic nitrogens is 1. The topological polar surface area (TPSA) is 70.4 Å². The van der Waals surface area contributed by atoms with Crippen LogP contribution in [-0.2, 0) is 0 Å². The lowest BCUT2D eigenvalue weighted by Crippen LogP contribution is -1.83. The molecule has 2 aromatic carbocycles. The van der Waals surface area contributed by atoms with E-state index < -0.39 is 0 Å². The fourth-order valence-electron chi connectivity index (χ4n) is 1.76. The summed E-state index contributed by atoms with van der Waals surface area (Å²) in [4.78, 5) is 14.3. The molecule has 2 N–H and O–H groups in total. The Hall–Kier alpha value is -2.88. The summed E-state index contributed by atoms with van der Waals surface area (Å²) in [5, 5.41) is 19.7. The van der Waals surface area contributed by atoms with Crippen molar-refractivity contribution in [2.45, 2.75) is 0 Å². The van der Waals surface area contributed by atoms with Crippen LogP contribution in [0.3, 0.4) is 0 Å². The molecule has 3 aromatic rings. The molecule has 0 aliphatic heterocycles. The van der Waals surface area contributed by atoms with E-state index in [-0.39, 0.29) is 11.5 Å². The average Bonchev–Trinajstić information content (AvgIpc) is 2.49. The Kier molecular flexibility index (Phi) is 4.29. The second kappa shape index (κ2) is 6.33. The third-order valence-corrected chi connectivity index (χ3v) is 2.71. The first-order valence-corrected chi connectivity index (χ1v) is 5.97. The van der Waals surface area contributed by atoms with E-state index in [9.17, 15) is 9.90 Å². The van der Waals surface area contributed by atoms with Crippen LogP contribution < -0.4 is 0 Å². The van der Waals surface area contributed by atoms with Gasteiger partial charge in [0.25, 0.3) is 0 Å². The van der Waals surface area contributed by atoms with Crippen LogP contribution in [-0.4, -0.2) is 21.5 Å².